The molecule has 0 saturated heterocycles. The van der Waals surface area contributed by atoms with E-state index in [1.54, 1.807) is 0 Å². The van der Waals surface area contributed by atoms with Gasteiger partial charge in [0.1, 0.15) is 5.82 Å². The zero-order valence-electron chi connectivity index (χ0n) is 9.66. The van der Waals surface area contributed by atoms with Crippen molar-refractivity contribution in [2.75, 3.05) is 5.32 Å². The smallest absolute Gasteiger partial charge is 0.274 e. The van der Waals surface area contributed by atoms with Gasteiger partial charge >= 0.3 is 0 Å². The van der Waals surface area contributed by atoms with Gasteiger partial charge in [-0.05, 0) is 18.2 Å². The summed E-state index contributed by atoms with van der Waals surface area (Å²) in [5.41, 5.74) is 0.168. The summed E-state index contributed by atoms with van der Waals surface area (Å²) in [7, 11) is 0. The van der Waals surface area contributed by atoms with Crippen LogP contribution in [-0.4, -0.2) is 4.92 Å². The number of halogens is 4. The van der Waals surface area contributed by atoms with E-state index in [0.29, 0.717) is 5.69 Å². The maximum absolute atomic E-state index is 13.3. The summed E-state index contributed by atoms with van der Waals surface area (Å²) in [6.07, 6.45) is 0. The van der Waals surface area contributed by atoms with E-state index < -0.39 is 10.7 Å². The van der Waals surface area contributed by atoms with Gasteiger partial charge in [-0.15, -0.1) is 0 Å². The molecule has 1 N–H and O–H groups in total. The fraction of sp³-hybridized carbons (Fsp3) is 0. The Kier molecular flexibility index (Phi) is 4.32. The molecular weight excluding hydrogens is 330 g/mol. The Labute approximate surface area is 128 Å². The number of nitro benzene ring substituents is 1. The molecule has 2 rings (SSSR count). The SMILES string of the molecule is O=[N+]([O-])c1cc(F)cc(Nc2cc(Cl)c(Cl)cc2Cl)c1. The predicted molar refractivity (Wildman–Crippen MR) is 77.8 cm³/mol. The van der Waals surface area contributed by atoms with E-state index in [0.717, 1.165) is 12.1 Å². The van der Waals surface area contributed by atoms with Crippen LogP contribution in [0.5, 0.6) is 0 Å². The standard InChI is InChI=1S/C12H6Cl3FN2O2/c13-9-4-11(15)12(5-10(9)14)17-7-1-6(16)2-8(3-7)18(19)20/h1-5,17H. The Morgan fingerprint density at radius 2 is 1.65 bits per heavy atom. The lowest BCUT2D eigenvalue weighted by Gasteiger charge is -2.10. The molecule has 104 valence electrons. The first-order valence-corrected chi connectivity index (χ1v) is 6.37. The van der Waals surface area contributed by atoms with Crippen molar-refractivity contribution in [3.8, 4) is 0 Å². The van der Waals surface area contributed by atoms with Crippen LogP contribution in [0.3, 0.4) is 0 Å². The Bertz CT molecular complexity index is 695. The molecule has 0 radical (unpaired) electrons. The number of rotatable bonds is 3. The van der Waals surface area contributed by atoms with Crippen molar-refractivity contribution in [2.24, 2.45) is 0 Å². The molecule has 0 amide bonds. The molecule has 0 aliphatic heterocycles. The van der Waals surface area contributed by atoms with Crippen molar-refractivity contribution in [1.29, 1.82) is 0 Å². The van der Waals surface area contributed by atoms with E-state index in [9.17, 15) is 14.5 Å². The topological polar surface area (TPSA) is 55.2 Å². The molecule has 20 heavy (non-hydrogen) atoms. The molecule has 0 saturated carbocycles. The number of nitro groups is 1. The van der Waals surface area contributed by atoms with Crippen LogP contribution in [0.4, 0.5) is 21.5 Å². The Morgan fingerprint density at radius 3 is 2.30 bits per heavy atom. The van der Waals surface area contributed by atoms with E-state index in [2.05, 4.69) is 5.32 Å². The molecular formula is C12H6Cl3FN2O2. The molecule has 0 fully saturated rings. The van der Waals surface area contributed by atoms with Crippen LogP contribution in [0, 0.1) is 15.9 Å². The van der Waals surface area contributed by atoms with Crippen LogP contribution >= 0.6 is 34.8 Å². The first-order valence-electron chi connectivity index (χ1n) is 5.23. The second-order valence-electron chi connectivity index (χ2n) is 3.83. The van der Waals surface area contributed by atoms with Gasteiger partial charge in [0.2, 0.25) is 0 Å². The molecule has 0 unspecified atom stereocenters. The van der Waals surface area contributed by atoms with Crippen LogP contribution in [-0.2, 0) is 0 Å². The quantitative estimate of drug-likeness (QED) is 0.462. The number of nitrogens with zero attached hydrogens (tertiary/aromatic N) is 1. The van der Waals surface area contributed by atoms with Gasteiger partial charge in [-0.3, -0.25) is 10.1 Å². The third-order valence-electron chi connectivity index (χ3n) is 2.38. The van der Waals surface area contributed by atoms with Crippen LogP contribution in [0.2, 0.25) is 15.1 Å². The average molecular weight is 336 g/mol. The van der Waals surface area contributed by atoms with Gasteiger partial charge in [0.15, 0.2) is 0 Å². The lowest BCUT2D eigenvalue weighted by Crippen LogP contribution is -1.95. The molecule has 0 heterocycles. The van der Waals surface area contributed by atoms with Crippen molar-refractivity contribution in [3.05, 3.63) is 61.3 Å². The lowest BCUT2D eigenvalue weighted by atomic mass is 10.2. The molecule has 0 aliphatic carbocycles. The molecule has 0 bridgehead atoms. The molecule has 0 aliphatic rings. The summed E-state index contributed by atoms with van der Waals surface area (Å²) in [5, 5.41) is 14.2. The van der Waals surface area contributed by atoms with Gasteiger partial charge in [-0.25, -0.2) is 4.39 Å². The van der Waals surface area contributed by atoms with Crippen LogP contribution < -0.4 is 5.32 Å². The van der Waals surface area contributed by atoms with Gasteiger partial charge in [-0.1, -0.05) is 34.8 Å². The second-order valence-corrected chi connectivity index (χ2v) is 5.05. The summed E-state index contributed by atoms with van der Waals surface area (Å²) in [6.45, 7) is 0. The summed E-state index contributed by atoms with van der Waals surface area (Å²) in [5.74, 6) is -0.738. The maximum atomic E-state index is 13.3. The zero-order chi connectivity index (χ0) is 14.9. The number of anilines is 2. The number of non-ortho nitro benzene ring substituents is 1. The summed E-state index contributed by atoms with van der Waals surface area (Å²) < 4.78 is 13.3. The first-order chi connectivity index (χ1) is 9.36. The maximum Gasteiger partial charge on any atom is 0.274 e. The molecule has 2 aromatic carbocycles. The molecule has 0 spiro atoms. The lowest BCUT2D eigenvalue weighted by molar-refractivity contribution is -0.385. The largest absolute Gasteiger partial charge is 0.354 e. The summed E-state index contributed by atoms with van der Waals surface area (Å²) in [4.78, 5) is 9.98. The Hall–Kier alpha value is -1.56. The minimum absolute atomic E-state index is 0.178. The molecule has 2 aromatic rings. The van der Waals surface area contributed by atoms with Gasteiger partial charge in [0.05, 0.1) is 31.7 Å². The van der Waals surface area contributed by atoms with E-state index in [-0.39, 0.29) is 26.4 Å². The third-order valence-corrected chi connectivity index (χ3v) is 3.42. The third kappa shape index (κ3) is 3.30. The summed E-state index contributed by atoms with van der Waals surface area (Å²) >= 11 is 17.6. The first kappa shape index (κ1) is 14.8. The van der Waals surface area contributed by atoms with Gasteiger partial charge in [0, 0.05) is 11.8 Å². The Balaban J connectivity index is 2.40. The number of hydrogen-bond donors (Lipinski definition) is 1. The van der Waals surface area contributed by atoms with Crippen molar-refractivity contribution in [1.82, 2.24) is 0 Å². The summed E-state index contributed by atoms with van der Waals surface area (Å²) in [6, 6.07) is 5.97. The highest BCUT2D eigenvalue weighted by Gasteiger charge is 2.12. The van der Waals surface area contributed by atoms with Crippen LogP contribution in [0.25, 0.3) is 0 Å². The minimum Gasteiger partial charge on any atom is -0.354 e. The van der Waals surface area contributed by atoms with E-state index in [1.165, 1.54) is 18.2 Å². The van der Waals surface area contributed by atoms with Crippen molar-refractivity contribution >= 4 is 51.9 Å². The molecule has 8 heteroatoms. The predicted octanol–water partition coefficient (Wildman–Crippen LogP) is 5.44. The second kappa shape index (κ2) is 5.83. The van der Waals surface area contributed by atoms with E-state index in [4.69, 9.17) is 34.8 Å². The highest BCUT2D eigenvalue weighted by atomic mass is 35.5. The average Bonchev–Trinajstić information content (AvgIpc) is 2.35. The highest BCUT2D eigenvalue weighted by Crippen LogP contribution is 2.34. The fourth-order valence-electron chi connectivity index (χ4n) is 1.53. The normalized spacial score (nSPS) is 10.4. The number of benzene rings is 2. The number of nitrogens with one attached hydrogen (secondary N) is 1. The molecule has 0 aromatic heterocycles. The molecule has 4 nitrogen and oxygen atoms in total. The van der Waals surface area contributed by atoms with E-state index in [1.807, 2.05) is 0 Å². The van der Waals surface area contributed by atoms with E-state index >= 15 is 0 Å². The Morgan fingerprint density at radius 1 is 1.00 bits per heavy atom. The van der Waals surface area contributed by atoms with Gasteiger partial charge < -0.3 is 5.32 Å². The zero-order valence-corrected chi connectivity index (χ0v) is 11.9. The fourth-order valence-corrected chi connectivity index (χ4v) is 2.12. The van der Waals surface area contributed by atoms with Crippen molar-refractivity contribution < 1.29 is 9.31 Å². The van der Waals surface area contributed by atoms with Crippen LogP contribution in [0.15, 0.2) is 30.3 Å². The number of hydrogen-bond acceptors (Lipinski definition) is 3. The monoisotopic (exact) mass is 334 g/mol. The minimum atomic E-state index is -0.738. The highest BCUT2D eigenvalue weighted by molar-refractivity contribution is 6.44. The molecule has 0 atom stereocenters. The van der Waals surface area contributed by atoms with Crippen molar-refractivity contribution in [3.63, 3.8) is 0 Å². The van der Waals surface area contributed by atoms with Crippen LogP contribution in [0.1, 0.15) is 0 Å². The van der Waals surface area contributed by atoms with Gasteiger partial charge in [0.25, 0.3) is 5.69 Å². The van der Waals surface area contributed by atoms with Gasteiger partial charge in [-0.2, -0.15) is 0 Å². The van der Waals surface area contributed by atoms with Crippen molar-refractivity contribution in [2.45, 2.75) is 0 Å².